The Hall–Kier alpha value is -1.87. The average Bonchev–Trinajstić information content (AvgIpc) is 2.63. The predicted octanol–water partition coefficient (Wildman–Crippen LogP) is 3.15. The summed E-state index contributed by atoms with van der Waals surface area (Å²) < 4.78 is 18.8. The first-order valence-electron chi connectivity index (χ1n) is 8.01. The van der Waals surface area contributed by atoms with Crippen molar-refractivity contribution >= 4 is 29.9 Å². The summed E-state index contributed by atoms with van der Waals surface area (Å²) in [5.41, 5.74) is 2.22. The van der Waals surface area contributed by atoms with Crippen LogP contribution >= 0.6 is 24.0 Å². The standard InChI is InChI=1S/C19H24FN3O2.HI/c1-21-19(22-11-14-8-9-17(20)16(10-14)13-24)23(2)12-15-6-4-5-7-18(15)25-3;/h4-10,24H,11-13H2,1-3H3,(H,21,22);1H. The van der Waals surface area contributed by atoms with E-state index in [-0.39, 0.29) is 36.1 Å². The number of ether oxygens (including phenoxy) is 1. The highest BCUT2D eigenvalue weighted by molar-refractivity contribution is 14.0. The van der Waals surface area contributed by atoms with Gasteiger partial charge < -0.3 is 20.1 Å². The van der Waals surface area contributed by atoms with Gasteiger partial charge in [-0.3, -0.25) is 4.99 Å². The van der Waals surface area contributed by atoms with Gasteiger partial charge in [-0.2, -0.15) is 0 Å². The molecule has 142 valence electrons. The predicted molar refractivity (Wildman–Crippen MR) is 112 cm³/mol. The third kappa shape index (κ3) is 5.84. The fraction of sp³-hybridized carbons (Fsp3) is 0.316. The number of para-hydroxylation sites is 1. The molecular formula is C19H25FIN3O2. The molecule has 2 N–H and O–H groups in total. The zero-order chi connectivity index (χ0) is 18.2. The Morgan fingerprint density at radius 1 is 1.23 bits per heavy atom. The zero-order valence-electron chi connectivity index (χ0n) is 15.2. The van der Waals surface area contributed by atoms with E-state index < -0.39 is 5.82 Å². The van der Waals surface area contributed by atoms with Crippen LogP contribution in [0.2, 0.25) is 0 Å². The molecule has 0 aliphatic rings. The molecular weight excluding hydrogens is 448 g/mol. The van der Waals surface area contributed by atoms with Crippen LogP contribution in [0.3, 0.4) is 0 Å². The molecule has 0 aliphatic heterocycles. The lowest BCUT2D eigenvalue weighted by atomic mass is 10.1. The van der Waals surface area contributed by atoms with Crippen molar-refractivity contribution in [2.45, 2.75) is 19.7 Å². The van der Waals surface area contributed by atoms with Gasteiger partial charge in [-0.25, -0.2) is 4.39 Å². The minimum Gasteiger partial charge on any atom is -0.496 e. The Kier molecular flexibility index (Phi) is 9.36. The Morgan fingerprint density at radius 3 is 2.62 bits per heavy atom. The van der Waals surface area contributed by atoms with E-state index in [2.05, 4.69) is 10.3 Å². The summed E-state index contributed by atoms with van der Waals surface area (Å²) in [7, 11) is 5.30. The Bertz CT molecular complexity index is 740. The molecule has 0 radical (unpaired) electrons. The summed E-state index contributed by atoms with van der Waals surface area (Å²) in [6.07, 6.45) is 0. The number of hydrogen-bond acceptors (Lipinski definition) is 3. The van der Waals surface area contributed by atoms with Gasteiger partial charge in [-0.15, -0.1) is 24.0 Å². The number of aliphatic hydroxyl groups is 1. The van der Waals surface area contributed by atoms with Gasteiger partial charge in [0.25, 0.3) is 0 Å². The van der Waals surface area contributed by atoms with Crippen LogP contribution in [0.1, 0.15) is 16.7 Å². The summed E-state index contributed by atoms with van der Waals surface area (Å²) in [6.45, 7) is 0.799. The number of nitrogens with zero attached hydrogens (tertiary/aromatic N) is 2. The molecule has 7 heteroatoms. The molecule has 0 saturated heterocycles. The zero-order valence-corrected chi connectivity index (χ0v) is 17.5. The fourth-order valence-electron chi connectivity index (χ4n) is 2.59. The van der Waals surface area contributed by atoms with Gasteiger partial charge in [-0.05, 0) is 23.8 Å². The van der Waals surface area contributed by atoms with E-state index in [0.29, 0.717) is 19.0 Å². The highest BCUT2D eigenvalue weighted by Gasteiger charge is 2.10. The van der Waals surface area contributed by atoms with Gasteiger partial charge >= 0.3 is 0 Å². The Morgan fingerprint density at radius 2 is 1.96 bits per heavy atom. The van der Waals surface area contributed by atoms with Gasteiger partial charge in [0.05, 0.1) is 13.7 Å². The second-order valence-corrected chi connectivity index (χ2v) is 5.65. The molecule has 2 aromatic rings. The normalized spacial score (nSPS) is 10.9. The number of aliphatic hydroxyl groups excluding tert-OH is 1. The molecule has 0 bridgehead atoms. The summed E-state index contributed by atoms with van der Waals surface area (Å²) in [5.74, 6) is 1.14. The SMILES string of the molecule is CN=C(NCc1ccc(F)c(CO)c1)N(C)Cc1ccccc1OC.I. The molecule has 5 nitrogen and oxygen atoms in total. The maximum atomic E-state index is 13.5. The molecule has 0 spiro atoms. The molecule has 0 unspecified atom stereocenters. The van der Waals surface area contributed by atoms with Crippen LogP contribution in [-0.4, -0.2) is 37.2 Å². The topological polar surface area (TPSA) is 57.1 Å². The largest absolute Gasteiger partial charge is 0.496 e. The van der Waals surface area contributed by atoms with Crippen molar-refractivity contribution in [3.8, 4) is 5.75 Å². The van der Waals surface area contributed by atoms with E-state index in [1.54, 1.807) is 26.3 Å². The highest BCUT2D eigenvalue weighted by Crippen LogP contribution is 2.18. The summed E-state index contributed by atoms with van der Waals surface area (Å²) in [4.78, 5) is 6.26. The van der Waals surface area contributed by atoms with Gasteiger partial charge in [-0.1, -0.05) is 24.3 Å². The van der Waals surface area contributed by atoms with E-state index in [0.717, 1.165) is 16.9 Å². The number of hydrogen-bond donors (Lipinski definition) is 2. The molecule has 0 saturated carbocycles. The van der Waals surface area contributed by atoms with Crippen molar-refractivity contribution in [2.24, 2.45) is 4.99 Å². The van der Waals surface area contributed by atoms with Crippen molar-refractivity contribution in [2.75, 3.05) is 21.2 Å². The summed E-state index contributed by atoms with van der Waals surface area (Å²) >= 11 is 0. The first kappa shape index (κ1) is 22.2. The number of guanidine groups is 1. The van der Waals surface area contributed by atoms with E-state index >= 15 is 0 Å². The number of methoxy groups -OCH3 is 1. The van der Waals surface area contributed by atoms with E-state index in [1.807, 2.05) is 36.2 Å². The van der Waals surface area contributed by atoms with Crippen LogP contribution in [0.25, 0.3) is 0 Å². The van der Waals surface area contributed by atoms with Gasteiger partial charge in [0.15, 0.2) is 5.96 Å². The number of benzene rings is 2. The van der Waals surface area contributed by atoms with Crippen LogP contribution in [0.15, 0.2) is 47.5 Å². The monoisotopic (exact) mass is 473 g/mol. The lowest BCUT2D eigenvalue weighted by Crippen LogP contribution is -2.38. The molecule has 0 atom stereocenters. The summed E-state index contributed by atoms with van der Waals surface area (Å²) in [5, 5.41) is 12.4. The van der Waals surface area contributed by atoms with Crippen molar-refractivity contribution in [3.63, 3.8) is 0 Å². The molecule has 0 aromatic heterocycles. The van der Waals surface area contributed by atoms with E-state index in [4.69, 9.17) is 9.84 Å². The molecule has 2 rings (SSSR count). The first-order valence-corrected chi connectivity index (χ1v) is 8.01. The van der Waals surface area contributed by atoms with Crippen LogP contribution in [-0.2, 0) is 19.7 Å². The van der Waals surface area contributed by atoms with E-state index in [1.165, 1.54) is 6.07 Å². The lowest BCUT2D eigenvalue weighted by molar-refractivity contribution is 0.275. The van der Waals surface area contributed by atoms with Crippen molar-refractivity contribution in [1.82, 2.24) is 10.2 Å². The van der Waals surface area contributed by atoms with Crippen molar-refractivity contribution < 1.29 is 14.2 Å². The minimum atomic E-state index is -0.399. The quantitative estimate of drug-likeness (QED) is 0.385. The van der Waals surface area contributed by atoms with E-state index in [9.17, 15) is 4.39 Å². The van der Waals surface area contributed by atoms with Crippen LogP contribution in [0.4, 0.5) is 4.39 Å². The van der Waals surface area contributed by atoms with Gasteiger partial charge in [0.1, 0.15) is 11.6 Å². The lowest BCUT2D eigenvalue weighted by Gasteiger charge is -2.23. The second kappa shape index (κ2) is 11.0. The third-order valence-corrected chi connectivity index (χ3v) is 3.90. The highest BCUT2D eigenvalue weighted by atomic mass is 127. The third-order valence-electron chi connectivity index (χ3n) is 3.90. The first-order chi connectivity index (χ1) is 12.1. The second-order valence-electron chi connectivity index (χ2n) is 5.65. The molecule has 0 fully saturated rings. The van der Waals surface area contributed by atoms with Crippen LogP contribution in [0, 0.1) is 5.82 Å². The number of nitrogens with one attached hydrogen (secondary N) is 1. The number of aliphatic imine (C=N–C) groups is 1. The minimum absolute atomic E-state index is 0. The number of halogens is 2. The van der Waals surface area contributed by atoms with Gasteiger partial charge in [0.2, 0.25) is 0 Å². The van der Waals surface area contributed by atoms with Crippen molar-refractivity contribution in [1.29, 1.82) is 0 Å². The molecule has 2 aromatic carbocycles. The Labute approximate surface area is 170 Å². The molecule has 26 heavy (non-hydrogen) atoms. The Balaban J connectivity index is 0.00000338. The van der Waals surface area contributed by atoms with Crippen molar-refractivity contribution in [3.05, 3.63) is 65.0 Å². The molecule has 0 heterocycles. The van der Waals surface area contributed by atoms with Crippen LogP contribution < -0.4 is 10.1 Å². The maximum Gasteiger partial charge on any atom is 0.193 e. The number of rotatable bonds is 6. The fourth-order valence-corrected chi connectivity index (χ4v) is 2.59. The molecule has 0 aliphatic carbocycles. The van der Waals surface area contributed by atoms with Gasteiger partial charge in [0, 0.05) is 38.3 Å². The smallest absolute Gasteiger partial charge is 0.193 e. The van der Waals surface area contributed by atoms with Crippen LogP contribution in [0.5, 0.6) is 5.75 Å². The summed E-state index contributed by atoms with van der Waals surface area (Å²) in [6, 6.07) is 12.5. The molecule has 0 amide bonds. The average molecular weight is 473 g/mol. The maximum absolute atomic E-state index is 13.5.